The number of hydrogen-bond acceptors (Lipinski definition) is 5. The Morgan fingerprint density at radius 1 is 1.17 bits per heavy atom. The first-order valence-corrected chi connectivity index (χ1v) is 8.95. The number of fused-ring (bicyclic) bond motifs is 1. The fourth-order valence-electron chi connectivity index (χ4n) is 2.69. The van der Waals surface area contributed by atoms with E-state index in [0.29, 0.717) is 17.7 Å². The lowest BCUT2D eigenvalue weighted by atomic mass is 10.0. The first-order chi connectivity index (χ1) is 11.2. The summed E-state index contributed by atoms with van der Waals surface area (Å²) in [7, 11) is -4.06. The van der Waals surface area contributed by atoms with Crippen LogP contribution in [0.3, 0.4) is 0 Å². The summed E-state index contributed by atoms with van der Waals surface area (Å²) in [4.78, 5) is 11.4. The lowest BCUT2D eigenvalue weighted by Crippen LogP contribution is -2.24. The number of hydrogen-bond donors (Lipinski definition) is 0. The number of ether oxygens (including phenoxy) is 1. The van der Waals surface area contributed by atoms with Gasteiger partial charge >= 0.3 is 10.1 Å². The quantitative estimate of drug-likeness (QED) is 0.627. The van der Waals surface area contributed by atoms with Crippen LogP contribution in [-0.2, 0) is 16.5 Å². The molecule has 1 aliphatic heterocycles. The highest BCUT2D eigenvalue weighted by Crippen LogP contribution is 2.42. The number of para-hydroxylation sites is 1. The minimum absolute atomic E-state index is 0.0648. The molecular formula is C18H18O5S. The van der Waals surface area contributed by atoms with Gasteiger partial charge in [-0.1, -0.05) is 24.3 Å². The van der Waals surface area contributed by atoms with E-state index < -0.39 is 15.7 Å². The number of rotatable bonds is 4. The molecule has 0 unspecified atom stereocenters. The predicted molar refractivity (Wildman–Crippen MR) is 89.1 cm³/mol. The Labute approximate surface area is 141 Å². The lowest BCUT2D eigenvalue weighted by molar-refractivity contribution is 0.101. The van der Waals surface area contributed by atoms with Crippen LogP contribution in [0.4, 0.5) is 0 Å². The number of Topliss-reactive ketones (excluding diaryl/α,β-unsaturated/α-hetero) is 1. The van der Waals surface area contributed by atoms with Gasteiger partial charge in [-0.15, -0.1) is 0 Å². The molecule has 0 aromatic heterocycles. The smallest absolute Gasteiger partial charge is 0.339 e. The number of carbonyl (C=O) groups excluding carboxylic acids is 1. The van der Waals surface area contributed by atoms with Crippen LogP contribution in [0.5, 0.6) is 11.5 Å². The van der Waals surface area contributed by atoms with Crippen molar-refractivity contribution in [2.45, 2.75) is 37.7 Å². The van der Waals surface area contributed by atoms with Crippen LogP contribution in [0.2, 0.25) is 0 Å². The highest BCUT2D eigenvalue weighted by atomic mass is 32.2. The van der Waals surface area contributed by atoms with Gasteiger partial charge in [0.15, 0.2) is 17.3 Å². The van der Waals surface area contributed by atoms with E-state index in [1.54, 1.807) is 18.2 Å². The summed E-state index contributed by atoms with van der Waals surface area (Å²) >= 11 is 0. The Balaban J connectivity index is 1.96. The summed E-state index contributed by atoms with van der Waals surface area (Å²) in [6, 6.07) is 11.0. The Bertz CT molecular complexity index is 913. The van der Waals surface area contributed by atoms with Crippen LogP contribution < -0.4 is 8.92 Å². The fourth-order valence-corrected chi connectivity index (χ4v) is 3.67. The Kier molecular flexibility index (Phi) is 3.87. The Morgan fingerprint density at radius 2 is 1.88 bits per heavy atom. The third-order valence-electron chi connectivity index (χ3n) is 3.78. The van der Waals surface area contributed by atoms with Gasteiger partial charge < -0.3 is 8.92 Å². The molecule has 2 aromatic rings. The Hall–Kier alpha value is -2.34. The first-order valence-electron chi connectivity index (χ1n) is 7.54. The van der Waals surface area contributed by atoms with E-state index in [-0.39, 0.29) is 16.4 Å². The zero-order valence-electron chi connectivity index (χ0n) is 13.7. The molecule has 24 heavy (non-hydrogen) atoms. The summed E-state index contributed by atoms with van der Waals surface area (Å²) in [6.07, 6.45) is 0.680. The average Bonchev–Trinajstić information content (AvgIpc) is 2.82. The van der Waals surface area contributed by atoms with Gasteiger partial charge in [-0.05, 0) is 39.0 Å². The fraction of sp³-hybridized carbons (Fsp3) is 0.278. The molecule has 1 aliphatic rings. The molecule has 0 radical (unpaired) electrons. The molecule has 0 spiro atoms. The normalized spacial score (nSPS) is 15.5. The topological polar surface area (TPSA) is 69.7 Å². The van der Waals surface area contributed by atoms with Gasteiger partial charge in [0.25, 0.3) is 0 Å². The van der Waals surface area contributed by atoms with E-state index in [4.69, 9.17) is 8.92 Å². The van der Waals surface area contributed by atoms with Crippen molar-refractivity contribution in [1.82, 2.24) is 0 Å². The minimum Gasteiger partial charge on any atom is -0.483 e. The molecule has 0 saturated carbocycles. The van der Waals surface area contributed by atoms with Crippen LogP contribution in [-0.4, -0.2) is 19.8 Å². The molecule has 6 heteroatoms. The van der Waals surface area contributed by atoms with Crippen LogP contribution in [0.15, 0.2) is 47.4 Å². The predicted octanol–water partition coefficient (Wildman–Crippen LogP) is 3.37. The molecule has 126 valence electrons. The van der Waals surface area contributed by atoms with Crippen LogP contribution in [0.1, 0.15) is 36.7 Å². The number of benzene rings is 2. The van der Waals surface area contributed by atoms with Gasteiger partial charge in [0.2, 0.25) is 0 Å². The zero-order chi connectivity index (χ0) is 17.5. The van der Waals surface area contributed by atoms with Crippen LogP contribution >= 0.6 is 0 Å². The van der Waals surface area contributed by atoms with Crippen molar-refractivity contribution in [2.24, 2.45) is 0 Å². The summed E-state index contributed by atoms with van der Waals surface area (Å²) in [5.41, 5.74) is 0.820. The van der Waals surface area contributed by atoms with Gasteiger partial charge in [0, 0.05) is 17.5 Å². The molecule has 0 N–H and O–H groups in total. The minimum atomic E-state index is -4.06. The van der Waals surface area contributed by atoms with Gasteiger partial charge in [0.05, 0.1) is 0 Å². The van der Waals surface area contributed by atoms with Gasteiger partial charge in [-0.2, -0.15) is 8.42 Å². The monoisotopic (exact) mass is 346 g/mol. The van der Waals surface area contributed by atoms with Crippen molar-refractivity contribution in [3.63, 3.8) is 0 Å². The van der Waals surface area contributed by atoms with Crippen molar-refractivity contribution in [2.75, 3.05) is 0 Å². The molecule has 0 amide bonds. The van der Waals surface area contributed by atoms with Crippen molar-refractivity contribution in [1.29, 1.82) is 0 Å². The van der Waals surface area contributed by atoms with Crippen LogP contribution in [0, 0.1) is 0 Å². The number of ketones is 1. The first kappa shape index (κ1) is 16.5. The molecule has 5 nitrogen and oxygen atoms in total. The highest BCUT2D eigenvalue weighted by molar-refractivity contribution is 7.87. The van der Waals surface area contributed by atoms with Gasteiger partial charge in [-0.25, -0.2) is 0 Å². The highest BCUT2D eigenvalue weighted by Gasteiger charge is 2.33. The van der Waals surface area contributed by atoms with E-state index in [1.165, 1.54) is 25.1 Å². The molecule has 3 rings (SSSR count). The second-order valence-corrected chi connectivity index (χ2v) is 7.95. The van der Waals surface area contributed by atoms with Crippen molar-refractivity contribution in [3.05, 3.63) is 53.6 Å². The number of carbonyl (C=O) groups is 1. The lowest BCUT2D eigenvalue weighted by Gasteiger charge is -2.18. The standard InChI is InChI=1S/C18H18O5S/c1-12(19)13-6-4-8-15(10-13)24(20,21)23-16-9-5-7-14-11-18(2,3)22-17(14)16/h4-10H,11H2,1-3H3. The van der Waals surface area contributed by atoms with E-state index in [0.717, 1.165) is 5.56 Å². The SMILES string of the molecule is CC(=O)c1cccc(S(=O)(=O)Oc2cccc3c2OC(C)(C)C3)c1. The van der Waals surface area contributed by atoms with Crippen molar-refractivity contribution in [3.8, 4) is 11.5 Å². The molecule has 0 bridgehead atoms. The maximum absolute atomic E-state index is 12.5. The average molecular weight is 346 g/mol. The summed E-state index contributed by atoms with van der Waals surface area (Å²) < 4.78 is 36.2. The third-order valence-corrected chi connectivity index (χ3v) is 5.01. The molecule has 0 atom stereocenters. The molecule has 0 saturated heterocycles. The maximum Gasteiger partial charge on any atom is 0.339 e. The summed E-state index contributed by atoms with van der Waals surface area (Å²) in [5.74, 6) is 0.401. The molecule has 2 aromatic carbocycles. The molecular weight excluding hydrogens is 328 g/mol. The summed E-state index contributed by atoms with van der Waals surface area (Å²) in [6.45, 7) is 5.25. The second-order valence-electron chi connectivity index (χ2n) is 6.40. The summed E-state index contributed by atoms with van der Waals surface area (Å²) in [5, 5.41) is 0. The zero-order valence-corrected chi connectivity index (χ0v) is 14.5. The van der Waals surface area contributed by atoms with Crippen LogP contribution in [0.25, 0.3) is 0 Å². The van der Waals surface area contributed by atoms with Gasteiger partial charge in [-0.3, -0.25) is 4.79 Å². The third kappa shape index (κ3) is 3.14. The Morgan fingerprint density at radius 3 is 2.58 bits per heavy atom. The van der Waals surface area contributed by atoms with E-state index in [9.17, 15) is 13.2 Å². The van der Waals surface area contributed by atoms with E-state index in [1.807, 2.05) is 19.9 Å². The molecule has 0 aliphatic carbocycles. The molecule has 0 fully saturated rings. The van der Waals surface area contributed by atoms with Crippen molar-refractivity contribution < 1.29 is 22.1 Å². The van der Waals surface area contributed by atoms with Crippen molar-refractivity contribution >= 4 is 15.9 Å². The van der Waals surface area contributed by atoms with E-state index >= 15 is 0 Å². The van der Waals surface area contributed by atoms with Gasteiger partial charge in [0.1, 0.15) is 10.5 Å². The molecule has 1 heterocycles. The largest absolute Gasteiger partial charge is 0.483 e. The maximum atomic E-state index is 12.5. The van der Waals surface area contributed by atoms with E-state index in [2.05, 4.69) is 0 Å². The second kappa shape index (κ2) is 5.63.